The van der Waals surface area contributed by atoms with Crippen molar-refractivity contribution in [3.05, 3.63) is 309 Å². The Morgan fingerprint density at radius 3 is 0.684 bits per heavy atom. The van der Waals surface area contributed by atoms with Crippen LogP contribution in [0.5, 0.6) is 0 Å². The minimum atomic E-state index is -6.77. The van der Waals surface area contributed by atoms with Crippen LogP contribution in [-0.4, -0.2) is 13.3 Å². The molecule has 4 atom stereocenters. The molecule has 16 rings (SSSR count). The zero-order valence-corrected chi connectivity index (χ0v) is 68.1. The number of allylic oxidation sites excluding steroid dienone is 4. The van der Waals surface area contributed by atoms with Crippen LogP contribution in [0.1, 0.15) is 126 Å². The summed E-state index contributed by atoms with van der Waals surface area (Å²) in [6.45, 7) is 11.4. The van der Waals surface area contributed by atoms with Gasteiger partial charge in [0.05, 0.1) is 0 Å². The Balaban J connectivity index is 1.01. The first-order valence-corrected chi connectivity index (χ1v) is 72.0. The van der Waals surface area contributed by atoms with Crippen LogP contribution in [0.3, 0.4) is 0 Å². The molecule has 98 heavy (non-hydrogen) atoms. The molecule has 4 unspecified atom stereocenters. The van der Waals surface area contributed by atoms with Gasteiger partial charge in [0.25, 0.3) is 0 Å². The number of hydrogen-bond acceptors (Lipinski definition) is 0. The zero-order chi connectivity index (χ0) is 67.5. The first-order valence-electron chi connectivity index (χ1n) is 36.4. The molecule has 4 aliphatic carbocycles. The van der Waals surface area contributed by atoms with Crippen molar-refractivity contribution < 1.29 is 28.1 Å². The molecule has 4 aliphatic rings. The van der Waals surface area contributed by atoms with Gasteiger partial charge in [0.2, 0.25) is 0 Å². The quantitative estimate of drug-likeness (QED) is 0.0708. The molecule has 0 heterocycles. The first-order chi connectivity index (χ1) is 47.5. The summed E-state index contributed by atoms with van der Waals surface area (Å²) < 4.78 is 0.294. The van der Waals surface area contributed by atoms with Gasteiger partial charge in [0.1, 0.15) is 0 Å². The Morgan fingerprint density at radius 1 is 0.255 bits per heavy atom. The molecular formula is C90H86Cl4Si2Zr2. The molecule has 0 bridgehead atoms. The van der Waals surface area contributed by atoms with Gasteiger partial charge in [-0.15, -0.1) is 0 Å². The Labute approximate surface area is 592 Å². The summed E-state index contributed by atoms with van der Waals surface area (Å²) in [4.78, 5) is 0. The van der Waals surface area contributed by atoms with E-state index in [9.17, 15) is 34.1 Å². The van der Waals surface area contributed by atoms with Crippen molar-refractivity contribution in [3.8, 4) is 44.5 Å². The van der Waals surface area contributed by atoms with E-state index >= 15 is 0 Å². The molecule has 0 aromatic heterocycles. The first kappa shape index (κ1) is 66.5. The Kier molecular flexibility index (Phi) is 16.5. The molecular weight excluding hydrogens is 1460 g/mol. The van der Waals surface area contributed by atoms with E-state index in [0.717, 1.165) is 37.8 Å². The molecule has 12 aromatic carbocycles. The van der Waals surface area contributed by atoms with Crippen molar-refractivity contribution in [1.29, 1.82) is 0 Å². The Bertz CT molecular complexity index is 4800. The van der Waals surface area contributed by atoms with Crippen molar-refractivity contribution >= 4 is 115 Å². The molecule has 0 radical (unpaired) electrons. The molecule has 0 amide bonds. The third-order valence-corrected chi connectivity index (χ3v) is 130. The van der Waals surface area contributed by atoms with Gasteiger partial charge in [-0.3, -0.25) is 0 Å². The van der Waals surface area contributed by atoms with Gasteiger partial charge < -0.3 is 0 Å². The number of fused-ring (bicyclic) bond motifs is 8. The van der Waals surface area contributed by atoms with Crippen molar-refractivity contribution in [2.45, 2.75) is 102 Å². The maximum atomic E-state index is 10.6. The summed E-state index contributed by atoms with van der Waals surface area (Å²) in [6, 6.07) is 93.2. The van der Waals surface area contributed by atoms with Gasteiger partial charge in [-0.05, 0) is 0 Å². The van der Waals surface area contributed by atoms with Crippen LogP contribution in [-0.2, 0) is 28.1 Å². The zero-order valence-electron chi connectivity index (χ0n) is 57.3. The van der Waals surface area contributed by atoms with E-state index in [0.29, 0.717) is 8.26 Å². The fourth-order valence-corrected chi connectivity index (χ4v) is 170. The predicted octanol–water partition coefficient (Wildman–Crippen LogP) is 27.4. The molecule has 8 heteroatoms. The van der Waals surface area contributed by atoms with E-state index < -0.39 is 41.4 Å². The number of rotatable bonds is 19. The average Bonchev–Trinajstić information content (AvgIpc) is 1.29. The number of halogens is 4. The van der Waals surface area contributed by atoms with Crippen molar-refractivity contribution in [2.24, 2.45) is 0 Å². The fourth-order valence-electron chi connectivity index (χ4n) is 21.3. The standard InChI is InChI=1S/4C21H17.2C2H7Si.C2H4.4ClH.2Zr/c4*1-2-15-13-17-9-6-12-20(21(17)14-15)19-11-5-8-16-7-3-4-10-18(16)19;2*1-2-3;1-2;;;;;;/h4*3-14H,2H2,1H3;2*2-3H2,1H3;1-2H2;4*1H;;/q;;;;;;;;;;;2*+2/p-4. The maximum absolute atomic E-state index is 10.6. The molecule has 0 nitrogen and oxygen atoms in total. The van der Waals surface area contributed by atoms with Crippen LogP contribution < -0.4 is 0 Å². The van der Waals surface area contributed by atoms with Crippen LogP contribution in [0.15, 0.2) is 265 Å². The van der Waals surface area contributed by atoms with E-state index in [4.69, 9.17) is 0 Å². The van der Waals surface area contributed by atoms with E-state index in [1.807, 2.05) is 0 Å². The second-order valence-electron chi connectivity index (χ2n) is 29.9. The van der Waals surface area contributed by atoms with E-state index in [2.05, 4.69) is 309 Å². The van der Waals surface area contributed by atoms with E-state index in [1.165, 1.54) is 154 Å². The SMILES string of the molecule is CC[SiH2][Zr]([Cl])([Cl])([CH2][CH2][Zr]([Cl])([Cl])([SiH2]CC)([CH]1C(CC)=Cc2c(-c3cccc4ccccc34)cccc21)[CH]1C(CC)=Cc2c(-c3cccc4ccccc34)cccc21)([CH]1C(CC)=Cc2c(-c3cccc4ccccc34)cccc21)[CH]1C(CC)=Cc2c(-c3cccc4ccccc34)cccc21. The summed E-state index contributed by atoms with van der Waals surface area (Å²) in [5.41, 5.74) is 25.6. The molecule has 12 aromatic rings. The van der Waals surface area contributed by atoms with Gasteiger partial charge in [0.15, 0.2) is 0 Å². The van der Waals surface area contributed by atoms with Crippen LogP contribution in [0.2, 0.25) is 20.3 Å². The molecule has 0 N–H and O–H groups in total. The van der Waals surface area contributed by atoms with Crippen LogP contribution in [0.4, 0.5) is 0 Å². The van der Waals surface area contributed by atoms with E-state index in [-0.39, 0.29) is 14.5 Å². The van der Waals surface area contributed by atoms with Crippen LogP contribution >= 0.6 is 34.1 Å². The van der Waals surface area contributed by atoms with Crippen molar-refractivity contribution in [1.82, 2.24) is 0 Å². The predicted molar refractivity (Wildman–Crippen MR) is 433 cm³/mol. The van der Waals surface area contributed by atoms with Crippen molar-refractivity contribution in [2.75, 3.05) is 0 Å². The van der Waals surface area contributed by atoms with Crippen molar-refractivity contribution in [3.63, 3.8) is 0 Å². The second-order valence-corrected chi connectivity index (χ2v) is 135. The average molecular weight is 1550 g/mol. The topological polar surface area (TPSA) is 0 Å². The normalized spacial score (nSPS) is 18.9. The summed E-state index contributed by atoms with van der Waals surface area (Å²) in [6.07, 6.45) is 13.6. The van der Waals surface area contributed by atoms with Crippen LogP contribution in [0.25, 0.3) is 112 Å². The fraction of sp³-hybridized carbons (Fsp3) is 0.200. The monoisotopic (exact) mass is 1540 g/mol. The van der Waals surface area contributed by atoms with Crippen LogP contribution in [0, 0.1) is 0 Å². The summed E-state index contributed by atoms with van der Waals surface area (Å²) in [5, 5.41) is 9.90. The van der Waals surface area contributed by atoms with Gasteiger partial charge in [-0.1, -0.05) is 0 Å². The summed E-state index contributed by atoms with van der Waals surface area (Å²) in [5.74, 6) is 0. The Hall–Kier alpha value is -6.00. The molecule has 0 spiro atoms. The van der Waals surface area contributed by atoms with Gasteiger partial charge in [0, 0.05) is 0 Å². The summed E-state index contributed by atoms with van der Waals surface area (Å²) >= 11 is -13.5. The second kappa shape index (κ2) is 24.3. The van der Waals surface area contributed by atoms with Gasteiger partial charge >= 0.3 is 599 Å². The van der Waals surface area contributed by atoms with E-state index in [1.54, 1.807) is 0 Å². The Morgan fingerprint density at radius 2 is 0.459 bits per heavy atom. The number of benzene rings is 12. The molecule has 0 fully saturated rings. The van der Waals surface area contributed by atoms with Gasteiger partial charge in [-0.25, -0.2) is 0 Å². The molecule has 0 saturated carbocycles. The van der Waals surface area contributed by atoms with Gasteiger partial charge in [-0.2, -0.15) is 0 Å². The molecule has 0 saturated heterocycles. The minimum absolute atomic E-state index is 0.232. The molecule has 490 valence electrons. The summed E-state index contributed by atoms with van der Waals surface area (Å²) in [7, 11) is 42.4. The third kappa shape index (κ3) is 9.85. The third-order valence-electron chi connectivity index (χ3n) is 25.0. The number of hydrogen-bond donors (Lipinski definition) is 0. The molecule has 0 aliphatic heterocycles.